The lowest BCUT2D eigenvalue weighted by molar-refractivity contribution is -0.0744. The molecule has 1 amide bonds. The maximum absolute atomic E-state index is 13.6. The van der Waals surface area contributed by atoms with Crippen LogP contribution in [0.4, 0.5) is 24.7 Å². The molecule has 1 aliphatic heterocycles. The Hall–Kier alpha value is -3.72. The number of carbonyl (C=O) groups is 1. The van der Waals surface area contributed by atoms with Crippen molar-refractivity contribution in [2.24, 2.45) is 0 Å². The molecule has 0 atom stereocenters. The summed E-state index contributed by atoms with van der Waals surface area (Å²) in [5.41, 5.74) is 0.533. The number of aromatic nitrogens is 2. The van der Waals surface area contributed by atoms with Crippen LogP contribution < -0.4 is 10.6 Å². The highest BCUT2D eigenvalue weighted by molar-refractivity contribution is 7.99. The molecule has 0 radical (unpaired) electrons. The van der Waals surface area contributed by atoms with Crippen LogP contribution in [0.5, 0.6) is 0 Å². The van der Waals surface area contributed by atoms with Gasteiger partial charge in [-0.25, -0.2) is 4.68 Å². The maximum atomic E-state index is 13.6. The Labute approximate surface area is 185 Å². The molecule has 1 aromatic heterocycles. The lowest BCUT2D eigenvalue weighted by Gasteiger charge is -2.22. The van der Waals surface area contributed by atoms with Gasteiger partial charge in [0, 0.05) is 15.5 Å². The third-order valence-electron chi connectivity index (χ3n) is 4.82. The first-order chi connectivity index (χ1) is 15.4. The van der Waals surface area contributed by atoms with E-state index in [2.05, 4.69) is 15.7 Å². The maximum Gasteiger partial charge on any atom is 0.433 e. The van der Waals surface area contributed by atoms with Gasteiger partial charge < -0.3 is 10.6 Å². The number of carbonyl (C=O) groups excluding carboxylic acids is 1. The predicted molar refractivity (Wildman–Crippen MR) is 117 cm³/mol. The lowest BCUT2D eigenvalue weighted by atomic mass is 10.2. The molecular formula is C23H15F3N4OS. The smallest absolute Gasteiger partial charge is 0.339 e. The second-order valence-corrected chi connectivity index (χ2v) is 8.15. The van der Waals surface area contributed by atoms with E-state index < -0.39 is 17.8 Å². The Balaban J connectivity index is 1.45. The van der Waals surface area contributed by atoms with Crippen LogP contribution in [0.2, 0.25) is 0 Å². The van der Waals surface area contributed by atoms with Gasteiger partial charge in [-0.15, -0.1) is 0 Å². The van der Waals surface area contributed by atoms with Gasteiger partial charge in [0.15, 0.2) is 0 Å². The number of para-hydroxylation sites is 1. The largest absolute Gasteiger partial charge is 0.433 e. The van der Waals surface area contributed by atoms with E-state index in [0.717, 1.165) is 22.1 Å². The summed E-state index contributed by atoms with van der Waals surface area (Å²) in [5.74, 6) is -0.585. The summed E-state index contributed by atoms with van der Waals surface area (Å²) in [4.78, 5) is 14.9. The van der Waals surface area contributed by atoms with Crippen molar-refractivity contribution >= 4 is 34.9 Å². The minimum absolute atomic E-state index is 0.0121. The van der Waals surface area contributed by atoms with Gasteiger partial charge in [-0.05, 0) is 35.9 Å². The Morgan fingerprint density at radius 3 is 2.47 bits per heavy atom. The topological polar surface area (TPSA) is 59.0 Å². The number of fused-ring (bicyclic) bond motifs is 1. The van der Waals surface area contributed by atoms with E-state index in [1.807, 2.05) is 42.5 Å². The zero-order valence-corrected chi connectivity index (χ0v) is 17.2. The number of hydrogen-bond donors (Lipinski definition) is 2. The molecule has 160 valence electrons. The molecule has 2 aromatic carbocycles. The van der Waals surface area contributed by atoms with E-state index in [1.54, 1.807) is 24.3 Å². The third-order valence-corrected chi connectivity index (χ3v) is 5.90. The quantitative estimate of drug-likeness (QED) is 0.515. The number of alkyl halides is 3. The molecule has 0 saturated heterocycles. The van der Waals surface area contributed by atoms with Crippen LogP contribution >= 0.6 is 11.8 Å². The van der Waals surface area contributed by atoms with Crippen LogP contribution in [0.1, 0.15) is 10.4 Å². The number of nitrogens with one attached hydrogen (secondary N) is 2. The molecule has 32 heavy (non-hydrogen) atoms. The van der Waals surface area contributed by atoms with Crippen LogP contribution in [-0.4, -0.2) is 21.9 Å². The van der Waals surface area contributed by atoms with Crippen molar-refractivity contribution in [3.8, 4) is 0 Å². The molecule has 5 nitrogen and oxygen atoms in total. The molecule has 2 N–H and O–H groups in total. The monoisotopic (exact) mass is 452 g/mol. The zero-order chi connectivity index (χ0) is 22.3. The number of amides is 1. The van der Waals surface area contributed by atoms with Gasteiger partial charge in [-0.2, -0.15) is 18.3 Å². The SMILES string of the molecule is O=C(Nc1ccccc1Sc1ccccc1)c1cnn2c1NC(=C1C=C1)C=C2C(F)(F)F. The third kappa shape index (κ3) is 3.94. The normalized spacial score (nSPS) is 14.5. The van der Waals surface area contributed by atoms with E-state index in [-0.39, 0.29) is 17.1 Å². The molecule has 0 saturated carbocycles. The molecule has 0 fully saturated rings. The fraction of sp³-hybridized carbons (Fsp3) is 0.0435. The molecule has 2 aliphatic rings. The second-order valence-electron chi connectivity index (χ2n) is 7.04. The number of rotatable bonds is 4. The summed E-state index contributed by atoms with van der Waals surface area (Å²) in [6.45, 7) is 0. The van der Waals surface area contributed by atoms with Gasteiger partial charge in [-0.3, -0.25) is 4.79 Å². The number of nitrogens with zero attached hydrogens (tertiary/aromatic N) is 2. The van der Waals surface area contributed by atoms with Crippen molar-refractivity contribution in [3.63, 3.8) is 0 Å². The molecule has 1 aliphatic carbocycles. The standard InChI is InChI=1S/C23H15F3N4OS/c24-23(25,26)20-12-18(14-10-11-14)28-21-16(13-27-30(20)21)22(31)29-17-8-4-5-9-19(17)32-15-6-2-1-3-7-15/h1-13,28H,(H,29,31). The minimum Gasteiger partial charge on any atom is -0.339 e. The second kappa shape index (κ2) is 7.76. The van der Waals surface area contributed by atoms with Gasteiger partial charge in [-0.1, -0.05) is 54.2 Å². The first kappa shape index (κ1) is 20.2. The minimum atomic E-state index is -4.63. The average molecular weight is 452 g/mol. The van der Waals surface area contributed by atoms with Crippen LogP contribution in [-0.2, 0) is 0 Å². The molecule has 0 unspecified atom stereocenters. The van der Waals surface area contributed by atoms with E-state index in [0.29, 0.717) is 15.9 Å². The molecule has 0 bridgehead atoms. The highest BCUT2D eigenvalue weighted by Crippen LogP contribution is 2.39. The van der Waals surface area contributed by atoms with Crippen LogP contribution in [0.15, 0.2) is 100 Å². The Kier molecular flexibility index (Phi) is 4.90. The number of halogens is 3. The van der Waals surface area contributed by atoms with E-state index >= 15 is 0 Å². The lowest BCUT2D eigenvalue weighted by Crippen LogP contribution is -2.24. The van der Waals surface area contributed by atoms with Crippen molar-refractivity contribution in [1.82, 2.24) is 9.78 Å². The van der Waals surface area contributed by atoms with Crippen molar-refractivity contribution in [1.29, 1.82) is 0 Å². The van der Waals surface area contributed by atoms with E-state index in [4.69, 9.17) is 0 Å². The summed E-state index contributed by atoms with van der Waals surface area (Å²) in [6.07, 6.45) is 0.877. The van der Waals surface area contributed by atoms with Gasteiger partial charge in [0.2, 0.25) is 0 Å². The van der Waals surface area contributed by atoms with E-state index in [1.165, 1.54) is 11.8 Å². The summed E-state index contributed by atoms with van der Waals surface area (Å²) in [6, 6.07) is 16.9. The number of allylic oxidation sites excluding steroid dienone is 5. The van der Waals surface area contributed by atoms with Gasteiger partial charge >= 0.3 is 6.18 Å². The number of hydrogen-bond acceptors (Lipinski definition) is 4. The Bertz CT molecular complexity index is 1300. The number of benzene rings is 2. The first-order valence-electron chi connectivity index (χ1n) is 9.60. The molecule has 3 aromatic rings. The fourth-order valence-electron chi connectivity index (χ4n) is 3.22. The summed E-state index contributed by atoms with van der Waals surface area (Å²) in [5, 5.41) is 9.55. The van der Waals surface area contributed by atoms with E-state index in [9.17, 15) is 18.0 Å². The summed E-state index contributed by atoms with van der Waals surface area (Å²) < 4.78 is 41.5. The van der Waals surface area contributed by atoms with Crippen LogP contribution in [0.25, 0.3) is 5.70 Å². The van der Waals surface area contributed by atoms with Crippen molar-refractivity contribution in [3.05, 3.63) is 95.9 Å². The Morgan fingerprint density at radius 1 is 1.03 bits per heavy atom. The number of anilines is 2. The first-order valence-corrected chi connectivity index (χ1v) is 10.4. The summed E-state index contributed by atoms with van der Waals surface area (Å²) in [7, 11) is 0. The van der Waals surface area contributed by atoms with Crippen molar-refractivity contribution in [2.45, 2.75) is 16.0 Å². The van der Waals surface area contributed by atoms with Gasteiger partial charge in [0.25, 0.3) is 5.91 Å². The van der Waals surface area contributed by atoms with Gasteiger partial charge in [0.05, 0.1) is 11.9 Å². The molecular weight excluding hydrogens is 437 g/mol. The van der Waals surface area contributed by atoms with Crippen LogP contribution in [0.3, 0.4) is 0 Å². The molecule has 0 spiro atoms. The van der Waals surface area contributed by atoms with Gasteiger partial charge in [0.1, 0.15) is 17.1 Å². The Morgan fingerprint density at radius 2 is 1.75 bits per heavy atom. The van der Waals surface area contributed by atoms with Crippen molar-refractivity contribution in [2.75, 3.05) is 10.6 Å². The van der Waals surface area contributed by atoms with Crippen LogP contribution in [0, 0.1) is 0 Å². The highest BCUT2D eigenvalue weighted by atomic mass is 32.2. The molecule has 5 rings (SSSR count). The molecule has 2 heterocycles. The zero-order valence-electron chi connectivity index (χ0n) is 16.4. The fourth-order valence-corrected chi connectivity index (χ4v) is 4.14. The van der Waals surface area contributed by atoms with Crippen molar-refractivity contribution < 1.29 is 18.0 Å². The summed E-state index contributed by atoms with van der Waals surface area (Å²) >= 11 is 1.47. The predicted octanol–water partition coefficient (Wildman–Crippen LogP) is 5.94. The molecule has 9 heteroatoms. The average Bonchev–Trinajstić information content (AvgIpc) is 3.53. The highest BCUT2D eigenvalue weighted by Gasteiger charge is 2.40.